The highest BCUT2D eigenvalue weighted by Crippen LogP contribution is 2.21. The summed E-state index contributed by atoms with van der Waals surface area (Å²) in [6.07, 6.45) is 36.4. The highest BCUT2D eigenvalue weighted by molar-refractivity contribution is 7.80. The molecule has 0 saturated carbocycles. The van der Waals surface area contributed by atoms with Gasteiger partial charge in [0.1, 0.15) is 0 Å². The Morgan fingerprint density at radius 3 is 1.14 bits per heavy atom. The zero-order chi connectivity index (χ0) is 26.4. The van der Waals surface area contributed by atoms with Crippen LogP contribution in [0.5, 0.6) is 0 Å². The van der Waals surface area contributed by atoms with Crippen LogP contribution in [-0.4, -0.2) is 18.3 Å². The molecule has 0 aliphatic rings. The van der Waals surface area contributed by atoms with Gasteiger partial charge in [-0.25, -0.2) is 0 Å². The van der Waals surface area contributed by atoms with Crippen LogP contribution in [0.1, 0.15) is 187 Å². The molecule has 0 aromatic carbocycles. The van der Waals surface area contributed by atoms with Crippen LogP contribution in [0.3, 0.4) is 0 Å². The third-order valence-corrected chi connectivity index (χ3v) is 7.95. The normalized spacial score (nSPS) is 12.2. The van der Waals surface area contributed by atoms with Crippen molar-refractivity contribution in [1.29, 1.82) is 0 Å². The molecule has 2 nitrogen and oxygen atoms in total. The van der Waals surface area contributed by atoms with E-state index in [2.05, 4.69) is 26.5 Å². The number of thiol groups is 1. The Labute approximate surface area is 233 Å². The zero-order valence-corrected chi connectivity index (χ0v) is 25.7. The number of carbonyl (C=O) groups excluding carboxylic acids is 1. The lowest BCUT2D eigenvalue weighted by Gasteiger charge is -2.17. The first kappa shape index (κ1) is 35.8. The fourth-order valence-corrected chi connectivity index (χ4v) is 5.42. The van der Waals surface area contributed by atoms with Gasteiger partial charge in [0.05, 0.1) is 13.0 Å². The Kier molecular flexibility index (Phi) is 30.9. The molecule has 0 heterocycles. The zero-order valence-electron chi connectivity index (χ0n) is 24.8. The Hall–Kier alpha value is -0.180. The van der Waals surface area contributed by atoms with Crippen molar-refractivity contribution in [3.8, 4) is 0 Å². The summed E-state index contributed by atoms with van der Waals surface area (Å²) in [5, 5.41) is 0. The van der Waals surface area contributed by atoms with Gasteiger partial charge in [-0.2, -0.15) is 12.6 Å². The minimum absolute atomic E-state index is 0.0703. The highest BCUT2D eigenvalue weighted by Gasteiger charge is 2.12. The molecule has 0 saturated heterocycles. The van der Waals surface area contributed by atoms with Crippen molar-refractivity contribution < 1.29 is 9.53 Å². The molecule has 36 heavy (non-hydrogen) atoms. The largest absolute Gasteiger partial charge is 0.465 e. The summed E-state index contributed by atoms with van der Waals surface area (Å²) in [6.45, 7) is 5.21. The number of rotatable bonds is 30. The van der Waals surface area contributed by atoms with Crippen LogP contribution in [0.25, 0.3) is 0 Å². The van der Waals surface area contributed by atoms with Crippen LogP contribution in [0, 0.1) is 5.92 Å². The van der Waals surface area contributed by atoms with Crippen molar-refractivity contribution in [2.75, 3.05) is 12.4 Å². The number of carbonyl (C=O) groups is 1. The first-order valence-corrected chi connectivity index (χ1v) is 17.1. The lowest BCUT2D eigenvalue weighted by atomic mass is 9.94. The average molecular weight is 527 g/mol. The fraction of sp³-hybridized carbons (Fsp3) is 0.970. The van der Waals surface area contributed by atoms with Crippen LogP contribution < -0.4 is 0 Å². The second-order valence-electron chi connectivity index (χ2n) is 11.4. The van der Waals surface area contributed by atoms with Crippen molar-refractivity contribution in [3.63, 3.8) is 0 Å². The molecule has 0 N–H and O–H groups in total. The number of hydrogen-bond acceptors (Lipinski definition) is 3. The van der Waals surface area contributed by atoms with Crippen LogP contribution in [-0.2, 0) is 9.53 Å². The number of ether oxygens (including phenoxy) is 1. The third kappa shape index (κ3) is 28.4. The molecule has 3 heteroatoms. The van der Waals surface area contributed by atoms with Crippen molar-refractivity contribution in [2.24, 2.45) is 5.92 Å². The lowest BCUT2D eigenvalue weighted by molar-refractivity contribution is -0.144. The van der Waals surface area contributed by atoms with E-state index in [1.165, 1.54) is 167 Å². The van der Waals surface area contributed by atoms with Gasteiger partial charge in [0.2, 0.25) is 0 Å². The summed E-state index contributed by atoms with van der Waals surface area (Å²) in [5.74, 6) is 1.07. The molecule has 0 aromatic rings. The summed E-state index contributed by atoms with van der Waals surface area (Å²) in [5.41, 5.74) is 0. The van der Waals surface area contributed by atoms with E-state index in [1.54, 1.807) is 0 Å². The SMILES string of the molecule is CCCCCCCCCCCCCCCCC(CCCCCCCCCCCC)COC(=O)CCS. The Morgan fingerprint density at radius 2 is 0.833 bits per heavy atom. The van der Waals surface area contributed by atoms with Gasteiger partial charge in [-0.1, -0.05) is 168 Å². The maximum Gasteiger partial charge on any atom is 0.306 e. The molecule has 0 rings (SSSR count). The molecule has 0 bridgehead atoms. The Bertz CT molecular complexity index is 426. The molecular formula is C33H66O2S. The molecule has 1 unspecified atom stereocenters. The van der Waals surface area contributed by atoms with Crippen molar-refractivity contribution in [1.82, 2.24) is 0 Å². The molecular weight excluding hydrogens is 460 g/mol. The summed E-state index contributed by atoms with van der Waals surface area (Å²) >= 11 is 4.16. The van der Waals surface area contributed by atoms with Gasteiger partial charge < -0.3 is 4.74 Å². The molecule has 0 spiro atoms. The Morgan fingerprint density at radius 1 is 0.528 bits per heavy atom. The third-order valence-electron chi connectivity index (χ3n) is 7.73. The number of hydrogen-bond donors (Lipinski definition) is 1. The second kappa shape index (κ2) is 31.0. The van der Waals surface area contributed by atoms with Crippen LogP contribution >= 0.6 is 12.6 Å². The second-order valence-corrected chi connectivity index (χ2v) is 11.8. The number of esters is 1. The topological polar surface area (TPSA) is 26.3 Å². The van der Waals surface area contributed by atoms with Gasteiger partial charge in [-0.05, 0) is 18.8 Å². The van der Waals surface area contributed by atoms with Gasteiger partial charge in [-0.15, -0.1) is 0 Å². The first-order valence-electron chi connectivity index (χ1n) is 16.5. The molecule has 1 atom stereocenters. The van der Waals surface area contributed by atoms with E-state index in [1.807, 2.05) is 0 Å². The summed E-state index contributed by atoms with van der Waals surface area (Å²) in [6, 6.07) is 0. The quantitative estimate of drug-likeness (QED) is 0.0572. The van der Waals surface area contributed by atoms with E-state index in [0.29, 0.717) is 24.7 Å². The van der Waals surface area contributed by atoms with Crippen molar-refractivity contribution in [3.05, 3.63) is 0 Å². The lowest BCUT2D eigenvalue weighted by Crippen LogP contribution is -2.15. The standard InChI is InChI=1S/C33H66O2S/c1-3-5-7-9-11-13-15-16-17-18-20-22-24-26-28-32(31-35-33(34)29-30-36)27-25-23-21-19-14-12-10-8-6-4-2/h32,36H,3-31H2,1-2H3. The van der Waals surface area contributed by atoms with Gasteiger partial charge in [0.25, 0.3) is 0 Å². The van der Waals surface area contributed by atoms with E-state index < -0.39 is 0 Å². The van der Waals surface area contributed by atoms with Crippen molar-refractivity contribution >= 4 is 18.6 Å². The summed E-state index contributed by atoms with van der Waals surface area (Å²) in [7, 11) is 0. The maximum atomic E-state index is 11.8. The highest BCUT2D eigenvalue weighted by atomic mass is 32.1. The molecule has 216 valence electrons. The van der Waals surface area contributed by atoms with Gasteiger partial charge in [0.15, 0.2) is 0 Å². The summed E-state index contributed by atoms with van der Waals surface area (Å²) < 4.78 is 5.57. The summed E-state index contributed by atoms with van der Waals surface area (Å²) in [4.78, 5) is 11.8. The van der Waals surface area contributed by atoms with E-state index in [9.17, 15) is 4.79 Å². The molecule has 0 aromatic heterocycles. The first-order chi connectivity index (χ1) is 17.7. The molecule has 0 radical (unpaired) electrons. The van der Waals surface area contributed by atoms with E-state index in [4.69, 9.17) is 4.74 Å². The van der Waals surface area contributed by atoms with Gasteiger partial charge >= 0.3 is 5.97 Å². The minimum atomic E-state index is -0.0703. The molecule has 0 amide bonds. The van der Waals surface area contributed by atoms with Crippen LogP contribution in [0.15, 0.2) is 0 Å². The smallest absolute Gasteiger partial charge is 0.306 e. The number of unbranched alkanes of at least 4 members (excludes halogenated alkanes) is 22. The van der Waals surface area contributed by atoms with E-state index >= 15 is 0 Å². The molecule has 0 aliphatic heterocycles. The Balaban J connectivity index is 3.76. The predicted octanol–water partition coefficient (Wildman–Crippen LogP) is 11.6. The fourth-order valence-electron chi connectivity index (χ4n) is 5.23. The molecule has 0 aliphatic carbocycles. The maximum absolute atomic E-state index is 11.8. The van der Waals surface area contributed by atoms with Crippen molar-refractivity contribution in [2.45, 2.75) is 187 Å². The van der Waals surface area contributed by atoms with E-state index in [-0.39, 0.29) is 5.97 Å². The van der Waals surface area contributed by atoms with Crippen LogP contribution in [0.2, 0.25) is 0 Å². The van der Waals surface area contributed by atoms with Crippen LogP contribution in [0.4, 0.5) is 0 Å². The van der Waals surface area contributed by atoms with Gasteiger partial charge in [-0.3, -0.25) is 4.79 Å². The predicted molar refractivity (Wildman–Crippen MR) is 164 cm³/mol. The molecule has 0 fully saturated rings. The van der Waals surface area contributed by atoms with E-state index in [0.717, 1.165) is 0 Å². The average Bonchev–Trinajstić information content (AvgIpc) is 2.88. The minimum Gasteiger partial charge on any atom is -0.465 e. The monoisotopic (exact) mass is 526 g/mol. The van der Waals surface area contributed by atoms with Gasteiger partial charge in [0, 0.05) is 5.75 Å².